The third-order valence-electron chi connectivity index (χ3n) is 4.63. The highest BCUT2D eigenvalue weighted by Crippen LogP contribution is 2.32. The van der Waals surface area contributed by atoms with E-state index in [-0.39, 0.29) is 17.6 Å². The summed E-state index contributed by atoms with van der Waals surface area (Å²) < 4.78 is 1.72. The van der Waals surface area contributed by atoms with Crippen LogP contribution in [0.5, 0.6) is 0 Å². The lowest BCUT2D eigenvalue weighted by atomic mass is 9.89. The van der Waals surface area contributed by atoms with Gasteiger partial charge in [0.2, 0.25) is 0 Å². The Morgan fingerprint density at radius 1 is 1.29 bits per heavy atom. The van der Waals surface area contributed by atoms with Crippen molar-refractivity contribution in [3.8, 4) is 0 Å². The molecule has 128 valence electrons. The average Bonchev–Trinajstić information content (AvgIpc) is 3.20. The highest BCUT2D eigenvalue weighted by atomic mass is 16.2. The van der Waals surface area contributed by atoms with Crippen LogP contribution >= 0.6 is 0 Å². The van der Waals surface area contributed by atoms with Crippen LogP contribution in [-0.4, -0.2) is 32.4 Å². The number of carbonyl (C=O) groups is 1. The van der Waals surface area contributed by atoms with Crippen molar-refractivity contribution in [3.63, 3.8) is 0 Å². The predicted octanol–water partition coefficient (Wildman–Crippen LogP) is 2.52. The Morgan fingerprint density at radius 3 is 2.71 bits per heavy atom. The molecule has 1 aromatic carbocycles. The van der Waals surface area contributed by atoms with E-state index in [2.05, 4.69) is 45.0 Å². The highest BCUT2D eigenvalue weighted by molar-refractivity contribution is 5.75. The van der Waals surface area contributed by atoms with Crippen molar-refractivity contribution in [2.75, 3.05) is 0 Å². The molecule has 1 heterocycles. The fourth-order valence-corrected chi connectivity index (χ4v) is 3.54. The molecule has 0 spiro atoms. The molecule has 1 atom stereocenters. The third-order valence-corrected chi connectivity index (χ3v) is 4.63. The maximum absolute atomic E-state index is 12.5. The van der Waals surface area contributed by atoms with E-state index >= 15 is 0 Å². The normalized spacial score (nSPS) is 17.4. The van der Waals surface area contributed by atoms with Crippen molar-refractivity contribution >= 4 is 6.03 Å². The Kier molecular flexibility index (Phi) is 5.13. The number of amides is 2. The van der Waals surface area contributed by atoms with Gasteiger partial charge in [0.05, 0.1) is 6.54 Å². The lowest BCUT2D eigenvalue weighted by Crippen LogP contribution is -2.54. The first kappa shape index (κ1) is 16.5. The summed E-state index contributed by atoms with van der Waals surface area (Å²) in [6.07, 6.45) is 8.45. The topological polar surface area (TPSA) is 71.8 Å². The average molecular weight is 327 g/mol. The van der Waals surface area contributed by atoms with Crippen LogP contribution in [-0.2, 0) is 13.0 Å². The Hall–Kier alpha value is -2.37. The standard InChI is InChI=1S/C18H25N5O/c1-15(12-23-14-19-13-20-23)21-17(24)22-18(9-5-6-10-18)11-16-7-3-2-4-8-16/h2-4,7-8,13-15H,5-6,9-12H2,1H3,(H2,21,22,24)/t15-/m1/s1. The molecule has 0 bridgehead atoms. The SMILES string of the molecule is C[C@H](Cn1cncn1)NC(=O)NC1(Cc2ccccc2)CCCC1. The van der Waals surface area contributed by atoms with E-state index < -0.39 is 0 Å². The molecule has 0 unspecified atom stereocenters. The van der Waals surface area contributed by atoms with E-state index in [1.807, 2.05) is 13.0 Å². The number of benzene rings is 1. The Morgan fingerprint density at radius 2 is 2.04 bits per heavy atom. The summed E-state index contributed by atoms with van der Waals surface area (Å²) in [5.41, 5.74) is 1.15. The van der Waals surface area contributed by atoms with Gasteiger partial charge < -0.3 is 10.6 Å². The number of rotatable bonds is 6. The van der Waals surface area contributed by atoms with Crippen LogP contribution in [0.15, 0.2) is 43.0 Å². The lowest BCUT2D eigenvalue weighted by molar-refractivity contribution is 0.219. The van der Waals surface area contributed by atoms with Gasteiger partial charge >= 0.3 is 6.03 Å². The quantitative estimate of drug-likeness (QED) is 0.856. The van der Waals surface area contributed by atoms with Crippen molar-refractivity contribution in [1.29, 1.82) is 0 Å². The monoisotopic (exact) mass is 327 g/mol. The van der Waals surface area contributed by atoms with Gasteiger partial charge in [0.15, 0.2) is 0 Å². The summed E-state index contributed by atoms with van der Waals surface area (Å²) in [6.45, 7) is 2.58. The van der Waals surface area contributed by atoms with Gasteiger partial charge in [-0.3, -0.25) is 4.68 Å². The third kappa shape index (κ3) is 4.34. The summed E-state index contributed by atoms with van der Waals surface area (Å²) in [7, 11) is 0. The molecule has 6 nitrogen and oxygen atoms in total. The summed E-state index contributed by atoms with van der Waals surface area (Å²) >= 11 is 0. The molecule has 1 aromatic heterocycles. The minimum absolute atomic E-state index is 0.0121. The van der Waals surface area contributed by atoms with Gasteiger partial charge in [0.25, 0.3) is 0 Å². The summed E-state index contributed by atoms with van der Waals surface area (Å²) in [4.78, 5) is 16.4. The molecule has 6 heteroatoms. The van der Waals surface area contributed by atoms with E-state index in [0.29, 0.717) is 6.54 Å². The maximum Gasteiger partial charge on any atom is 0.315 e. The molecule has 3 rings (SSSR count). The van der Waals surface area contributed by atoms with Gasteiger partial charge in [-0.1, -0.05) is 43.2 Å². The summed E-state index contributed by atoms with van der Waals surface area (Å²) in [5, 5.41) is 10.3. The fourth-order valence-electron chi connectivity index (χ4n) is 3.54. The van der Waals surface area contributed by atoms with E-state index in [0.717, 1.165) is 19.3 Å². The molecule has 24 heavy (non-hydrogen) atoms. The van der Waals surface area contributed by atoms with Crippen LogP contribution in [0.1, 0.15) is 38.2 Å². The van der Waals surface area contributed by atoms with Gasteiger partial charge in [0, 0.05) is 11.6 Å². The van der Waals surface area contributed by atoms with Gasteiger partial charge in [-0.05, 0) is 31.7 Å². The van der Waals surface area contributed by atoms with E-state index in [9.17, 15) is 4.79 Å². The second-order valence-electron chi connectivity index (χ2n) is 6.77. The van der Waals surface area contributed by atoms with Crippen molar-refractivity contribution < 1.29 is 4.79 Å². The second kappa shape index (κ2) is 7.47. The van der Waals surface area contributed by atoms with Crippen molar-refractivity contribution in [2.45, 2.75) is 57.2 Å². The number of urea groups is 1. The first-order chi connectivity index (χ1) is 11.7. The molecule has 2 amide bonds. The van der Waals surface area contributed by atoms with Crippen molar-refractivity contribution in [1.82, 2.24) is 25.4 Å². The minimum atomic E-state index is -0.127. The fraction of sp³-hybridized carbons (Fsp3) is 0.500. The molecule has 2 N–H and O–H groups in total. The van der Waals surface area contributed by atoms with E-state index in [1.165, 1.54) is 24.7 Å². The smallest absolute Gasteiger partial charge is 0.315 e. The van der Waals surface area contributed by atoms with Crippen LogP contribution in [0.25, 0.3) is 0 Å². The molecule has 1 saturated carbocycles. The second-order valence-corrected chi connectivity index (χ2v) is 6.77. The number of hydrogen-bond donors (Lipinski definition) is 2. The molecular formula is C18H25N5O. The highest BCUT2D eigenvalue weighted by Gasteiger charge is 2.35. The lowest BCUT2D eigenvalue weighted by Gasteiger charge is -2.31. The molecule has 1 aliphatic carbocycles. The number of aromatic nitrogens is 3. The summed E-state index contributed by atoms with van der Waals surface area (Å²) in [5.74, 6) is 0. The first-order valence-corrected chi connectivity index (χ1v) is 8.60. The van der Waals surface area contributed by atoms with Crippen LogP contribution in [0.4, 0.5) is 4.79 Å². The maximum atomic E-state index is 12.5. The largest absolute Gasteiger partial charge is 0.334 e. The van der Waals surface area contributed by atoms with Gasteiger partial charge in [-0.15, -0.1) is 0 Å². The van der Waals surface area contributed by atoms with Crippen molar-refractivity contribution in [3.05, 3.63) is 48.5 Å². The Labute approximate surface area is 142 Å². The minimum Gasteiger partial charge on any atom is -0.334 e. The number of nitrogens with zero attached hydrogens (tertiary/aromatic N) is 3. The van der Waals surface area contributed by atoms with Crippen LogP contribution in [0, 0.1) is 0 Å². The van der Waals surface area contributed by atoms with E-state index in [1.54, 1.807) is 11.0 Å². The molecule has 0 aliphatic heterocycles. The molecular weight excluding hydrogens is 302 g/mol. The van der Waals surface area contributed by atoms with Crippen molar-refractivity contribution in [2.24, 2.45) is 0 Å². The molecule has 1 fully saturated rings. The zero-order valence-electron chi connectivity index (χ0n) is 14.1. The van der Waals surface area contributed by atoms with Gasteiger partial charge in [-0.25, -0.2) is 9.78 Å². The zero-order chi connectivity index (χ0) is 16.8. The number of carbonyl (C=O) groups excluding carboxylic acids is 1. The molecule has 0 radical (unpaired) electrons. The van der Waals surface area contributed by atoms with Crippen LogP contribution in [0.2, 0.25) is 0 Å². The molecule has 0 saturated heterocycles. The van der Waals surface area contributed by atoms with Gasteiger partial charge in [0.1, 0.15) is 12.7 Å². The van der Waals surface area contributed by atoms with Crippen LogP contribution < -0.4 is 10.6 Å². The van der Waals surface area contributed by atoms with Crippen LogP contribution in [0.3, 0.4) is 0 Å². The number of nitrogens with one attached hydrogen (secondary N) is 2. The van der Waals surface area contributed by atoms with Gasteiger partial charge in [-0.2, -0.15) is 5.10 Å². The summed E-state index contributed by atoms with van der Waals surface area (Å²) in [6, 6.07) is 10.3. The Balaban J connectivity index is 1.57. The number of hydrogen-bond acceptors (Lipinski definition) is 3. The molecule has 1 aliphatic rings. The van der Waals surface area contributed by atoms with E-state index in [4.69, 9.17) is 0 Å². The predicted molar refractivity (Wildman–Crippen MR) is 92.5 cm³/mol. The molecule has 2 aromatic rings. The Bertz CT molecular complexity index is 635. The zero-order valence-corrected chi connectivity index (χ0v) is 14.1. The first-order valence-electron chi connectivity index (χ1n) is 8.60.